The van der Waals surface area contributed by atoms with E-state index in [2.05, 4.69) is 0 Å². The fraction of sp³-hybridized carbons (Fsp3) is 0.647. The summed E-state index contributed by atoms with van der Waals surface area (Å²) in [5.74, 6) is -9.42. The number of rotatable bonds is 15. The quantitative estimate of drug-likeness (QED) is 0.124. The molecule has 0 aromatic carbocycles. The summed E-state index contributed by atoms with van der Waals surface area (Å²) >= 11 is 0. The molecule has 31 heavy (non-hydrogen) atoms. The predicted octanol–water partition coefficient (Wildman–Crippen LogP) is -1.40. The molecular weight excluding hydrogens is 428 g/mol. The Labute approximate surface area is 175 Å². The van der Waals surface area contributed by atoms with E-state index in [0.717, 1.165) is 0 Å². The van der Waals surface area contributed by atoms with E-state index in [9.17, 15) is 39.0 Å². The number of ether oxygens (including phenoxy) is 2. The van der Waals surface area contributed by atoms with Crippen LogP contribution in [-0.2, 0) is 38.2 Å². The Morgan fingerprint density at radius 2 is 1.16 bits per heavy atom. The zero-order valence-corrected chi connectivity index (χ0v) is 16.5. The van der Waals surface area contributed by atoms with Gasteiger partial charge in [0, 0.05) is 0 Å². The Hall–Kier alpha value is -3.26. The number of carboxylic acids is 4. The van der Waals surface area contributed by atoms with Crippen molar-refractivity contribution in [1.82, 2.24) is 0 Å². The summed E-state index contributed by atoms with van der Waals surface area (Å²) in [6.07, 6.45) is -5.30. The number of aliphatic carboxylic acids is 4. The van der Waals surface area contributed by atoms with E-state index in [0.29, 0.717) is 0 Å². The van der Waals surface area contributed by atoms with Crippen LogP contribution in [0, 0.1) is 0 Å². The van der Waals surface area contributed by atoms with Crippen molar-refractivity contribution in [1.29, 1.82) is 0 Å². The molecule has 0 aliphatic carbocycles. The van der Waals surface area contributed by atoms with Crippen LogP contribution in [0.15, 0.2) is 0 Å². The van der Waals surface area contributed by atoms with E-state index in [1.807, 2.05) is 0 Å². The Morgan fingerprint density at radius 3 is 1.55 bits per heavy atom. The second kappa shape index (κ2) is 11.8. The third kappa shape index (κ3) is 10.4. The van der Waals surface area contributed by atoms with Gasteiger partial charge in [-0.1, -0.05) is 0 Å². The maximum atomic E-state index is 11.7. The summed E-state index contributed by atoms with van der Waals surface area (Å²) in [6, 6.07) is 0. The molecule has 0 aliphatic rings. The second-order valence-electron chi connectivity index (χ2n) is 6.83. The van der Waals surface area contributed by atoms with Crippen molar-refractivity contribution in [2.45, 2.75) is 62.8 Å². The van der Waals surface area contributed by atoms with Gasteiger partial charge in [0.2, 0.25) is 0 Å². The van der Waals surface area contributed by atoms with Gasteiger partial charge < -0.3 is 40.1 Å². The van der Waals surface area contributed by atoms with Crippen LogP contribution in [-0.4, -0.2) is 90.4 Å². The van der Waals surface area contributed by atoms with Crippen molar-refractivity contribution in [3.05, 3.63) is 0 Å². The maximum absolute atomic E-state index is 11.7. The van der Waals surface area contributed by atoms with Crippen LogP contribution in [0.5, 0.6) is 0 Å². The summed E-state index contributed by atoms with van der Waals surface area (Å²) in [6.45, 7) is 1.11. The first-order valence-corrected chi connectivity index (χ1v) is 8.81. The molecule has 0 aromatic heterocycles. The van der Waals surface area contributed by atoms with Gasteiger partial charge in [0.25, 0.3) is 0 Å². The maximum Gasteiger partial charge on any atom is 0.336 e. The molecule has 3 unspecified atom stereocenters. The predicted molar refractivity (Wildman–Crippen MR) is 94.7 cm³/mol. The lowest BCUT2D eigenvalue weighted by Crippen LogP contribution is -2.43. The fourth-order valence-corrected chi connectivity index (χ4v) is 2.34. The highest BCUT2D eigenvalue weighted by Gasteiger charge is 2.42. The average molecular weight is 452 g/mol. The van der Waals surface area contributed by atoms with Crippen LogP contribution in [0.3, 0.4) is 0 Å². The van der Waals surface area contributed by atoms with Gasteiger partial charge in [-0.25, -0.2) is 9.59 Å². The summed E-state index contributed by atoms with van der Waals surface area (Å²) in [4.78, 5) is 66.6. The minimum atomic E-state index is -2.84. The van der Waals surface area contributed by atoms with Crippen molar-refractivity contribution in [3.8, 4) is 0 Å². The molecule has 6 N–H and O–H groups in total. The van der Waals surface area contributed by atoms with Crippen LogP contribution < -0.4 is 0 Å². The molecule has 0 bridgehead atoms. The molecule has 0 fully saturated rings. The molecular formula is C17H24O14. The average Bonchev–Trinajstić information content (AvgIpc) is 2.56. The highest BCUT2D eigenvalue weighted by molar-refractivity contribution is 5.89. The largest absolute Gasteiger partial charge is 0.481 e. The summed E-state index contributed by atoms with van der Waals surface area (Å²) in [5.41, 5.74) is -5.67. The van der Waals surface area contributed by atoms with E-state index < -0.39 is 78.8 Å². The smallest absolute Gasteiger partial charge is 0.336 e. The number of aliphatic hydroxyl groups is 2. The van der Waals surface area contributed by atoms with Gasteiger partial charge in [0.15, 0.2) is 11.2 Å². The lowest BCUT2D eigenvalue weighted by atomic mass is 9.96. The number of esters is 2. The first-order valence-electron chi connectivity index (χ1n) is 8.81. The first kappa shape index (κ1) is 27.7. The molecule has 0 saturated carbocycles. The number of carbonyl (C=O) groups excluding carboxylic acids is 2. The van der Waals surface area contributed by atoms with E-state index in [1.54, 1.807) is 0 Å². The molecule has 0 spiro atoms. The van der Waals surface area contributed by atoms with Crippen molar-refractivity contribution in [2.75, 3.05) is 6.61 Å². The number of carboxylic acid groups (broad SMARTS) is 4. The molecule has 14 heteroatoms. The van der Waals surface area contributed by atoms with Gasteiger partial charge in [-0.2, -0.15) is 0 Å². The molecule has 3 atom stereocenters. The lowest BCUT2D eigenvalue weighted by Gasteiger charge is -2.22. The first-order chi connectivity index (χ1) is 14.1. The van der Waals surface area contributed by atoms with Crippen LogP contribution in [0.4, 0.5) is 0 Å². The molecule has 14 nitrogen and oxygen atoms in total. The fourth-order valence-electron chi connectivity index (χ4n) is 2.34. The monoisotopic (exact) mass is 452 g/mol. The molecule has 0 aromatic rings. The normalized spacial score (nSPS) is 15.6. The highest BCUT2D eigenvalue weighted by atomic mass is 16.5. The van der Waals surface area contributed by atoms with Gasteiger partial charge in [-0.3, -0.25) is 19.2 Å². The number of hydrogen-bond acceptors (Lipinski definition) is 10. The van der Waals surface area contributed by atoms with E-state index in [-0.39, 0.29) is 19.4 Å². The molecule has 0 amide bonds. The Kier molecular flexibility index (Phi) is 10.6. The number of carbonyl (C=O) groups is 6. The van der Waals surface area contributed by atoms with E-state index in [4.69, 9.17) is 29.9 Å². The SMILES string of the molecule is CC(CCCOC(=O)CC(O)(CC(=O)O)C(=O)O)OC(=O)CC(O)(CC(=O)O)C(=O)O. The van der Waals surface area contributed by atoms with Crippen LogP contribution in [0.2, 0.25) is 0 Å². The zero-order chi connectivity index (χ0) is 24.4. The van der Waals surface area contributed by atoms with Gasteiger partial charge >= 0.3 is 35.8 Å². The van der Waals surface area contributed by atoms with Gasteiger partial charge in [-0.15, -0.1) is 0 Å². The third-order valence-electron chi connectivity index (χ3n) is 3.91. The van der Waals surface area contributed by atoms with Crippen molar-refractivity contribution in [2.24, 2.45) is 0 Å². The zero-order valence-electron chi connectivity index (χ0n) is 16.5. The lowest BCUT2D eigenvalue weighted by molar-refractivity contribution is -0.173. The van der Waals surface area contributed by atoms with Crippen LogP contribution in [0.25, 0.3) is 0 Å². The molecule has 0 aliphatic heterocycles. The van der Waals surface area contributed by atoms with Gasteiger partial charge in [0.05, 0.1) is 38.4 Å². The van der Waals surface area contributed by atoms with E-state index in [1.165, 1.54) is 6.92 Å². The van der Waals surface area contributed by atoms with Crippen molar-refractivity contribution >= 4 is 35.8 Å². The summed E-state index contributed by atoms with van der Waals surface area (Å²) in [5, 5.41) is 54.5. The van der Waals surface area contributed by atoms with Crippen molar-refractivity contribution < 1.29 is 68.9 Å². The molecule has 0 rings (SSSR count). The molecule has 0 saturated heterocycles. The highest BCUT2D eigenvalue weighted by Crippen LogP contribution is 2.19. The van der Waals surface area contributed by atoms with Crippen LogP contribution in [0.1, 0.15) is 45.4 Å². The topological polar surface area (TPSA) is 242 Å². The van der Waals surface area contributed by atoms with Gasteiger partial charge in [0.1, 0.15) is 0 Å². The van der Waals surface area contributed by atoms with Crippen molar-refractivity contribution in [3.63, 3.8) is 0 Å². The minimum Gasteiger partial charge on any atom is -0.481 e. The second-order valence-corrected chi connectivity index (χ2v) is 6.83. The molecule has 0 radical (unpaired) electrons. The summed E-state index contributed by atoms with van der Waals surface area (Å²) < 4.78 is 9.56. The standard InChI is InChI=1S/C17H24O14/c1-9(31-13(23)8-17(29,15(26)27)6-11(20)21)3-2-4-30-12(22)7-16(28,14(24)25)5-10(18)19/h9,28-29H,2-8H2,1H3,(H,18,19)(H,20,21)(H,24,25)(H,26,27). The number of hydrogen-bond donors (Lipinski definition) is 6. The van der Waals surface area contributed by atoms with E-state index >= 15 is 0 Å². The van der Waals surface area contributed by atoms with Crippen LogP contribution >= 0.6 is 0 Å². The van der Waals surface area contributed by atoms with Gasteiger partial charge in [-0.05, 0) is 19.8 Å². The minimum absolute atomic E-state index is 0.0851. The summed E-state index contributed by atoms with van der Waals surface area (Å²) in [7, 11) is 0. The Morgan fingerprint density at radius 1 is 0.742 bits per heavy atom. The molecule has 176 valence electrons. The third-order valence-corrected chi connectivity index (χ3v) is 3.91. The Bertz CT molecular complexity index is 716. The molecule has 0 heterocycles. The Balaban J connectivity index is 4.47.